The summed E-state index contributed by atoms with van der Waals surface area (Å²) in [6.07, 6.45) is 4.34. The molecule has 0 bridgehead atoms. The molecule has 0 amide bonds. The lowest BCUT2D eigenvalue weighted by atomic mass is 9.86. The minimum atomic E-state index is -0.643. The number of hydrogen-bond acceptors (Lipinski definition) is 3. The maximum absolute atomic E-state index is 9.92. The zero-order valence-corrected chi connectivity index (χ0v) is 10.9. The van der Waals surface area contributed by atoms with Gasteiger partial charge in [0, 0.05) is 13.1 Å². The van der Waals surface area contributed by atoms with E-state index in [4.69, 9.17) is 0 Å². The fourth-order valence-corrected chi connectivity index (χ4v) is 2.59. The number of rotatable bonds is 5. The van der Waals surface area contributed by atoms with Crippen LogP contribution in [0.1, 0.15) is 46.5 Å². The fourth-order valence-electron chi connectivity index (χ4n) is 2.59. The highest BCUT2D eigenvalue weighted by atomic mass is 16.3. The van der Waals surface area contributed by atoms with E-state index in [1.165, 1.54) is 6.42 Å². The summed E-state index contributed by atoms with van der Waals surface area (Å²) in [5.74, 6) is 0.399. The first-order valence-electron chi connectivity index (χ1n) is 6.55. The first-order valence-corrected chi connectivity index (χ1v) is 6.55. The summed E-state index contributed by atoms with van der Waals surface area (Å²) in [6, 6.07) is 0. The Kier molecular flexibility index (Phi) is 5.22. The molecule has 0 aromatic rings. The van der Waals surface area contributed by atoms with Gasteiger partial charge in [-0.2, -0.15) is 0 Å². The van der Waals surface area contributed by atoms with Crippen molar-refractivity contribution in [2.75, 3.05) is 19.6 Å². The molecular weight excluding hydrogens is 202 g/mol. The van der Waals surface area contributed by atoms with Crippen LogP contribution in [-0.2, 0) is 0 Å². The Bertz CT molecular complexity index is 201. The van der Waals surface area contributed by atoms with Crippen LogP contribution in [0.25, 0.3) is 0 Å². The molecule has 1 fully saturated rings. The van der Waals surface area contributed by atoms with Crippen LogP contribution in [0.4, 0.5) is 0 Å². The van der Waals surface area contributed by atoms with Crippen LogP contribution in [0, 0.1) is 5.92 Å². The van der Waals surface area contributed by atoms with Crippen LogP contribution in [0.15, 0.2) is 0 Å². The minimum absolute atomic E-state index is 0.135. The van der Waals surface area contributed by atoms with Gasteiger partial charge in [-0.25, -0.2) is 0 Å². The topological polar surface area (TPSA) is 43.7 Å². The average molecular weight is 229 g/mol. The number of aliphatic hydroxyl groups excluding tert-OH is 1. The second-order valence-corrected chi connectivity index (χ2v) is 5.75. The van der Waals surface area contributed by atoms with E-state index in [-0.39, 0.29) is 6.10 Å². The zero-order chi connectivity index (χ0) is 12.2. The van der Waals surface area contributed by atoms with Crippen LogP contribution >= 0.6 is 0 Å². The minimum Gasteiger partial charge on any atom is -0.393 e. The van der Waals surface area contributed by atoms with Crippen LogP contribution in [-0.4, -0.2) is 46.5 Å². The molecule has 1 rings (SSSR count). The Hall–Kier alpha value is -0.120. The number of nitrogens with zero attached hydrogens (tertiary/aromatic N) is 1. The zero-order valence-electron chi connectivity index (χ0n) is 10.9. The highest BCUT2D eigenvalue weighted by Gasteiger charge is 2.26. The third-order valence-corrected chi connectivity index (χ3v) is 3.42. The van der Waals surface area contributed by atoms with E-state index >= 15 is 0 Å². The Labute approximate surface area is 99.5 Å². The molecule has 2 N–H and O–H groups in total. The highest BCUT2D eigenvalue weighted by Crippen LogP contribution is 2.25. The predicted molar refractivity (Wildman–Crippen MR) is 66.4 cm³/mol. The fraction of sp³-hybridized carbons (Fsp3) is 1.00. The molecule has 3 heteroatoms. The molecule has 1 saturated carbocycles. The SMILES string of the molecule is CCN(CC1CCCCC1O)CC(C)(C)O. The van der Waals surface area contributed by atoms with Gasteiger partial charge in [-0.15, -0.1) is 0 Å². The molecule has 0 heterocycles. The molecule has 1 aliphatic carbocycles. The Balaban J connectivity index is 2.42. The summed E-state index contributed by atoms with van der Waals surface area (Å²) in [7, 11) is 0. The largest absolute Gasteiger partial charge is 0.393 e. The van der Waals surface area contributed by atoms with Gasteiger partial charge < -0.3 is 15.1 Å². The lowest BCUT2D eigenvalue weighted by Crippen LogP contribution is -2.43. The molecular formula is C13H27NO2. The normalized spacial score (nSPS) is 27.4. The van der Waals surface area contributed by atoms with Crippen molar-refractivity contribution in [3.63, 3.8) is 0 Å². The Morgan fingerprint density at radius 1 is 1.25 bits per heavy atom. The van der Waals surface area contributed by atoms with E-state index in [1.54, 1.807) is 0 Å². The van der Waals surface area contributed by atoms with Gasteiger partial charge in [0.05, 0.1) is 11.7 Å². The van der Waals surface area contributed by atoms with Crippen molar-refractivity contribution in [2.45, 2.75) is 58.2 Å². The van der Waals surface area contributed by atoms with E-state index in [1.807, 2.05) is 13.8 Å². The van der Waals surface area contributed by atoms with Gasteiger partial charge in [-0.3, -0.25) is 0 Å². The van der Waals surface area contributed by atoms with Gasteiger partial charge in [0.15, 0.2) is 0 Å². The van der Waals surface area contributed by atoms with Crippen molar-refractivity contribution in [3.05, 3.63) is 0 Å². The molecule has 96 valence electrons. The first kappa shape index (κ1) is 13.9. The van der Waals surface area contributed by atoms with Crippen molar-refractivity contribution in [1.29, 1.82) is 0 Å². The molecule has 2 atom stereocenters. The molecule has 0 radical (unpaired) electrons. The van der Waals surface area contributed by atoms with Gasteiger partial charge in [-0.05, 0) is 39.2 Å². The summed E-state index contributed by atoms with van der Waals surface area (Å²) < 4.78 is 0. The first-order chi connectivity index (χ1) is 7.42. The second kappa shape index (κ2) is 5.99. The smallest absolute Gasteiger partial charge is 0.0718 e. The summed E-state index contributed by atoms with van der Waals surface area (Å²) >= 11 is 0. The standard InChI is InChI=1S/C13H27NO2/c1-4-14(10-13(2,3)16)9-11-7-5-6-8-12(11)15/h11-12,15-16H,4-10H2,1-3H3. The molecule has 16 heavy (non-hydrogen) atoms. The third-order valence-electron chi connectivity index (χ3n) is 3.42. The Morgan fingerprint density at radius 3 is 2.38 bits per heavy atom. The van der Waals surface area contributed by atoms with Crippen molar-refractivity contribution in [1.82, 2.24) is 4.90 Å². The molecule has 0 saturated heterocycles. The van der Waals surface area contributed by atoms with Crippen molar-refractivity contribution < 1.29 is 10.2 Å². The number of aliphatic hydroxyl groups is 2. The van der Waals surface area contributed by atoms with Crippen LogP contribution in [0.5, 0.6) is 0 Å². The maximum atomic E-state index is 9.92. The van der Waals surface area contributed by atoms with Gasteiger partial charge in [0.1, 0.15) is 0 Å². The third kappa shape index (κ3) is 4.81. The summed E-state index contributed by atoms with van der Waals surface area (Å²) in [6.45, 7) is 8.34. The Morgan fingerprint density at radius 2 is 1.88 bits per heavy atom. The van der Waals surface area contributed by atoms with Gasteiger partial charge in [-0.1, -0.05) is 19.8 Å². The van der Waals surface area contributed by atoms with Gasteiger partial charge >= 0.3 is 0 Å². The van der Waals surface area contributed by atoms with Crippen LogP contribution in [0.3, 0.4) is 0 Å². The number of likely N-dealkylation sites (N-methyl/N-ethyl adjacent to an activating group) is 1. The van der Waals surface area contributed by atoms with E-state index < -0.39 is 5.60 Å². The van der Waals surface area contributed by atoms with Gasteiger partial charge in [0.25, 0.3) is 0 Å². The van der Waals surface area contributed by atoms with Crippen molar-refractivity contribution in [2.24, 2.45) is 5.92 Å². The summed E-state index contributed by atoms with van der Waals surface area (Å²) in [5, 5.41) is 19.7. The van der Waals surface area contributed by atoms with E-state index in [0.29, 0.717) is 12.5 Å². The molecule has 0 aromatic carbocycles. The van der Waals surface area contributed by atoms with Crippen molar-refractivity contribution in [3.8, 4) is 0 Å². The summed E-state index contributed by atoms with van der Waals surface area (Å²) in [4.78, 5) is 2.25. The van der Waals surface area contributed by atoms with E-state index in [0.717, 1.165) is 32.4 Å². The lowest BCUT2D eigenvalue weighted by molar-refractivity contribution is 0.00746. The average Bonchev–Trinajstić information content (AvgIpc) is 2.18. The second-order valence-electron chi connectivity index (χ2n) is 5.75. The molecule has 0 aliphatic heterocycles. The summed E-state index contributed by atoms with van der Waals surface area (Å²) in [5.41, 5.74) is -0.643. The highest BCUT2D eigenvalue weighted by molar-refractivity contribution is 4.79. The lowest BCUT2D eigenvalue weighted by Gasteiger charge is -2.35. The maximum Gasteiger partial charge on any atom is 0.0718 e. The van der Waals surface area contributed by atoms with Gasteiger partial charge in [0.2, 0.25) is 0 Å². The predicted octanol–water partition coefficient (Wildman–Crippen LogP) is 1.63. The van der Waals surface area contributed by atoms with E-state index in [9.17, 15) is 10.2 Å². The monoisotopic (exact) mass is 229 g/mol. The van der Waals surface area contributed by atoms with E-state index in [2.05, 4.69) is 11.8 Å². The van der Waals surface area contributed by atoms with Crippen molar-refractivity contribution >= 4 is 0 Å². The molecule has 0 aromatic heterocycles. The molecule has 2 unspecified atom stereocenters. The van der Waals surface area contributed by atoms with Crippen LogP contribution in [0.2, 0.25) is 0 Å². The molecule has 3 nitrogen and oxygen atoms in total. The molecule has 0 spiro atoms. The van der Waals surface area contributed by atoms with Crippen LogP contribution < -0.4 is 0 Å². The quantitative estimate of drug-likeness (QED) is 0.753. The molecule has 1 aliphatic rings. The number of hydrogen-bond donors (Lipinski definition) is 2.